The Morgan fingerprint density at radius 3 is 2.80 bits per heavy atom. The first-order chi connectivity index (χ1) is 9.83. The molecule has 0 amide bonds. The Labute approximate surface area is 125 Å². The predicted octanol–water partition coefficient (Wildman–Crippen LogP) is 4.44. The Hall–Kier alpha value is -2.20. The average Bonchev–Trinajstić information content (AvgIpc) is 2.48. The zero-order chi connectivity index (χ0) is 13.8. The van der Waals surface area contributed by atoms with Gasteiger partial charge < -0.3 is 0 Å². The van der Waals surface area contributed by atoms with Gasteiger partial charge >= 0.3 is 0 Å². The number of hydrogen-bond donors (Lipinski definition) is 1. The minimum Gasteiger partial charge on any atom is -0.276 e. The Kier molecular flexibility index (Phi) is 3.74. The molecule has 3 nitrogen and oxygen atoms in total. The molecule has 0 unspecified atom stereocenters. The Balaban J connectivity index is 1.84. The molecule has 1 N–H and O–H groups in total. The molecular formula is C16H12BrN3. The second-order valence-electron chi connectivity index (χ2n) is 4.31. The Bertz CT molecular complexity index is 763. The van der Waals surface area contributed by atoms with Crippen molar-refractivity contribution < 1.29 is 0 Å². The third-order valence-corrected chi connectivity index (χ3v) is 3.37. The summed E-state index contributed by atoms with van der Waals surface area (Å²) in [4.78, 5) is 4.38. The van der Waals surface area contributed by atoms with Crippen molar-refractivity contribution in [3.05, 3.63) is 70.8 Å². The van der Waals surface area contributed by atoms with Crippen LogP contribution in [0.4, 0.5) is 5.69 Å². The maximum atomic E-state index is 4.38. The maximum Gasteiger partial charge on any atom is 0.0951 e. The van der Waals surface area contributed by atoms with Crippen molar-refractivity contribution in [1.82, 2.24) is 4.98 Å². The normalized spacial score (nSPS) is 11.1. The van der Waals surface area contributed by atoms with E-state index in [4.69, 9.17) is 0 Å². The molecule has 20 heavy (non-hydrogen) atoms. The van der Waals surface area contributed by atoms with E-state index in [0.29, 0.717) is 0 Å². The largest absolute Gasteiger partial charge is 0.276 e. The molecule has 0 aliphatic heterocycles. The van der Waals surface area contributed by atoms with Gasteiger partial charge in [-0.15, -0.1) is 0 Å². The highest BCUT2D eigenvalue weighted by atomic mass is 79.9. The van der Waals surface area contributed by atoms with Gasteiger partial charge in [-0.05, 0) is 29.8 Å². The smallest absolute Gasteiger partial charge is 0.0951 e. The van der Waals surface area contributed by atoms with Crippen LogP contribution in [0.15, 0.2) is 70.4 Å². The van der Waals surface area contributed by atoms with E-state index in [0.717, 1.165) is 26.6 Å². The number of nitrogens with one attached hydrogen (secondary N) is 1. The first-order valence-electron chi connectivity index (χ1n) is 6.21. The number of para-hydroxylation sites is 1. The molecule has 3 rings (SSSR count). The van der Waals surface area contributed by atoms with E-state index < -0.39 is 0 Å². The van der Waals surface area contributed by atoms with E-state index >= 15 is 0 Å². The fraction of sp³-hybridized carbons (Fsp3) is 0. The van der Waals surface area contributed by atoms with Crippen LogP contribution in [0.1, 0.15) is 5.56 Å². The SMILES string of the molecule is Brc1cccc(/C=N/Nc2cccc3cccnc23)c1. The van der Waals surface area contributed by atoms with Gasteiger partial charge in [-0.1, -0.05) is 46.3 Å². The van der Waals surface area contributed by atoms with E-state index in [9.17, 15) is 0 Å². The van der Waals surface area contributed by atoms with E-state index in [1.165, 1.54) is 0 Å². The van der Waals surface area contributed by atoms with Gasteiger partial charge in [0.25, 0.3) is 0 Å². The first-order valence-corrected chi connectivity index (χ1v) is 7.00. The highest BCUT2D eigenvalue weighted by Gasteiger charge is 1.99. The zero-order valence-corrected chi connectivity index (χ0v) is 12.2. The van der Waals surface area contributed by atoms with Gasteiger partial charge in [-0.25, -0.2) is 0 Å². The molecule has 0 aliphatic carbocycles. The summed E-state index contributed by atoms with van der Waals surface area (Å²) in [5.41, 5.74) is 5.89. The van der Waals surface area contributed by atoms with Gasteiger partial charge in [-0.3, -0.25) is 10.4 Å². The molecule has 1 aromatic heterocycles. The maximum absolute atomic E-state index is 4.38. The standard InChI is InChI=1S/C16H12BrN3/c17-14-7-1-4-12(10-14)11-19-20-15-8-2-5-13-6-3-9-18-16(13)15/h1-11,20H/b19-11+. The van der Waals surface area contributed by atoms with Crippen molar-refractivity contribution in [3.63, 3.8) is 0 Å². The number of fused-ring (bicyclic) bond motifs is 1. The summed E-state index contributed by atoms with van der Waals surface area (Å²) >= 11 is 3.44. The highest BCUT2D eigenvalue weighted by molar-refractivity contribution is 9.10. The van der Waals surface area contributed by atoms with Gasteiger partial charge in [0.1, 0.15) is 0 Å². The van der Waals surface area contributed by atoms with Gasteiger partial charge in [0.15, 0.2) is 0 Å². The number of anilines is 1. The molecule has 0 bridgehead atoms. The number of hydrogen-bond acceptors (Lipinski definition) is 3. The van der Waals surface area contributed by atoms with Crippen LogP contribution in [0.3, 0.4) is 0 Å². The van der Waals surface area contributed by atoms with E-state index in [-0.39, 0.29) is 0 Å². The Morgan fingerprint density at radius 2 is 1.90 bits per heavy atom. The van der Waals surface area contributed by atoms with Crippen molar-refractivity contribution in [1.29, 1.82) is 0 Å². The Morgan fingerprint density at radius 1 is 1.05 bits per heavy atom. The molecule has 0 radical (unpaired) electrons. The monoisotopic (exact) mass is 325 g/mol. The zero-order valence-electron chi connectivity index (χ0n) is 10.6. The van der Waals surface area contributed by atoms with Crippen molar-refractivity contribution in [2.24, 2.45) is 5.10 Å². The number of rotatable bonds is 3. The molecule has 2 aromatic carbocycles. The second kappa shape index (κ2) is 5.84. The summed E-state index contributed by atoms with van der Waals surface area (Å²) in [5.74, 6) is 0. The van der Waals surface area contributed by atoms with Gasteiger partial charge in [0.05, 0.1) is 17.4 Å². The lowest BCUT2D eigenvalue weighted by atomic mass is 10.2. The van der Waals surface area contributed by atoms with E-state index in [1.54, 1.807) is 12.4 Å². The second-order valence-corrected chi connectivity index (χ2v) is 5.22. The molecule has 98 valence electrons. The minimum atomic E-state index is 0.898. The predicted molar refractivity (Wildman–Crippen MR) is 87.1 cm³/mol. The molecule has 3 aromatic rings. The summed E-state index contributed by atoms with van der Waals surface area (Å²) < 4.78 is 1.04. The van der Waals surface area contributed by atoms with Crippen LogP contribution in [0, 0.1) is 0 Å². The van der Waals surface area contributed by atoms with Crippen LogP contribution >= 0.6 is 15.9 Å². The van der Waals surface area contributed by atoms with Crippen LogP contribution in [-0.4, -0.2) is 11.2 Å². The molecule has 0 aliphatic rings. The van der Waals surface area contributed by atoms with Crippen molar-refractivity contribution in [2.75, 3.05) is 5.43 Å². The lowest BCUT2D eigenvalue weighted by Gasteiger charge is -2.04. The van der Waals surface area contributed by atoms with Crippen molar-refractivity contribution >= 4 is 38.7 Å². The fourth-order valence-electron chi connectivity index (χ4n) is 1.96. The lowest BCUT2D eigenvalue weighted by molar-refractivity contribution is 1.33. The van der Waals surface area contributed by atoms with Gasteiger partial charge in [0.2, 0.25) is 0 Å². The van der Waals surface area contributed by atoms with Gasteiger partial charge in [0, 0.05) is 16.1 Å². The summed E-state index contributed by atoms with van der Waals surface area (Å²) in [6.07, 6.45) is 3.57. The van der Waals surface area contributed by atoms with Crippen molar-refractivity contribution in [2.45, 2.75) is 0 Å². The number of pyridine rings is 1. The lowest BCUT2D eigenvalue weighted by Crippen LogP contribution is -1.92. The summed E-state index contributed by atoms with van der Waals surface area (Å²) in [7, 11) is 0. The van der Waals surface area contributed by atoms with E-state index in [1.807, 2.05) is 54.6 Å². The molecule has 0 spiro atoms. The molecule has 0 saturated heterocycles. The molecule has 4 heteroatoms. The van der Waals surface area contributed by atoms with Crippen LogP contribution in [0.5, 0.6) is 0 Å². The van der Waals surface area contributed by atoms with Crippen LogP contribution < -0.4 is 5.43 Å². The summed E-state index contributed by atoms with van der Waals surface area (Å²) in [6, 6.07) is 17.9. The number of nitrogens with zero attached hydrogens (tertiary/aromatic N) is 2. The minimum absolute atomic E-state index is 0.898. The third-order valence-electron chi connectivity index (χ3n) is 2.88. The quantitative estimate of drug-likeness (QED) is 0.570. The number of halogens is 1. The first kappa shape index (κ1) is 12.8. The fourth-order valence-corrected chi connectivity index (χ4v) is 2.37. The van der Waals surface area contributed by atoms with Crippen LogP contribution in [-0.2, 0) is 0 Å². The number of aromatic nitrogens is 1. The number of hydrazone groups is 1. The summed E-state index contributed by atoms with van der Waals surface area (Å²) in [6.45, 7) is 0. The molecule has 1 heterocycles. The van der Waals surface area contributed by atoms with Gasteiger partial charge in [-0.2, -0.15) is 5.10 Å². The highest BCUT2D eigenvalue weighted by Crippen LogP contribution is 2.20. The molecule has 0 atom stereocenters. The van der Waals surface area contributed by atoms with Crippen LogP contribution in [0.25, 0.3) is 10.9 Å². The molecule has 0 fully saturated rings. The molecular weight excluding hydrogens is 314 g/mol. The topological polar surface area (TPSA) is 37.3 Å². The molecule has 0 saturated carbocycles. The van der Waals surface area contributed by atoms with Crippen molar-refractivity contribution in [3.8, 4) is 0 Å². The summed E-state index contributed by atoms with van der Waals surface area (Å²) in [5, 5.41) is 5.36. The van der Waals surface area contributed by atoms with E-state index in [2.05, 4.69) is 31.4 Å². The average molecular weight is 326 g/mol. The van der Waals surface area contributed by atoms with Crippen LogP contribution in [0.2, 0.25) is 0 Å². The third kappa shape index (κ3) is 2.86. The number of benzene rings is 2.